The Balaban J connectivity index is 1.31. The molecule has 0 aliphatic rings. The SMILES string of the molecule is c1ccc(-c2cccc(N(c3ccc(-c4ccccc4)c4ccccc34)c3cc4ccc5ccc6ccccc6c5c4c4ccccc34)c2)cc1. The Morgan fingerprint density at radius 3 is 1.59 bits per heavy atom. The lowest BCUT2D eigenvalue weighted by atomic mass is 9.91. The van der Waals surface area contributed by atoms with Crippen LogP contribution in [-0.4, -0.2) is 0 Å². The van der Waals surface area contributed by atoms with Crippen molar-refractivity contribution in [1.82, 2.24) is 0 Å². The molecule has 0 unspecified atom stereocenters. The minimum atomic E-state index is 1.12. The van der Waals surface area contributed by atoms with Gasteiger partial charge in [-0.25, -0.2) is 0 Å². The average Bonchev–Trinajstić information content (AvgIpc) is 3.21. The number of fused-ring (bicyclic) bond motifs is 8. The van der Waals surface area contributed by atoms with Gasteiger partial charge in [0.25, 0.3) is 0 Å². The molecule has 10 aromatic rings. The average molecular weight is 648 g/mol. The molecule has 51 heavy (non-hydrogen) atoms. The summed E-state index contributed by atoms with van der Waals surface area (Å²) in [6, 6.07) is 73.1. The van der Waals surface area contributed by atoms with Gasteiger partial charge in [0.1, 0.15) is 0 Å². The number of hydrogen-bond donors (Lipinski definition) is 0. The highest BCUT2D eigenvalue weighted by Gasteiger charge is 2.22. The first-order valence-corrected chi connectivity index (χ1v) is 17.6. The van der Waals surface area contributed by atoms with E-state index in [1.54, 1.807) is 0 Å². The van der Waals surface area contributed by atoms with Crippen molar-refractivity contribution in [3.63, 3.8) is 0 Å². The third-order valence-electron chi connectivity index (χ3n) is 10.4. The zero-order valence-corrected chi connectivity index (χ0v) is 28.0. The van der Waals surface area contributed by atoms with E-state index in [2.05, 4.69) is 205 Å². The molecule has 0 heterocycles. The fraction of sp³-hybridized carbons (Fsp3) is 0. The summed E-state index contributed by atoms with van der Waals surface area (Å²) in [5.41, 5.74) is 8.25. The largest absolute Gasteiger partial charge is 0.309 e. The van der Waals surface area contributed by atoms with Crippen molar-refractivity contribution in [3.8, 4) is 22.3 Å². The first-order chi connectivity index (χ1) is 25.3. The molecule has 238 valence electrons. The van der Waals surface area contributed by atoms with Crippen molar-refractivity contribution in [2.75, 3.05) is 4.90 Å². The molecule has 0 aliphatic heterocycles. The van der Waals surface area contributed by atoms with Gasteiger partial charge in [-0.3, -0.25) is 0 Å². The number of benzene rings is 10. The van der Waals surface area contributed by atoms with E-state index in [0.717, 1.165) is 17.1 Å². The molecule has 0 bridgehead atoms. The van der Waals surface area contributed by atoms with Crippen LogP contribution >= 0.6 is 0 Å². The molecule has 0 radical (unpaired) electrons. The van der Waals surface area contributed by atoms with Crippen LogP contribution in [0, 0.1) is 0 Å². The van der Waals surface area contributed by atoms with E-state index in [0.29, 0.717) is 0 Å². The van der Waals surface area contributed by atoms with E-state index in [1.807, 2.05) is 0 Å². The maximum Gasteiger partial charge on any atom is 0.0546 e. The van der Waals surface area contributed by atoms with Gasteiger partial charge in [0, 0.05) is 16.5 Å². The van der Waals surface area contributed by atoms with Crippen molar-refractivity contribution in [3.05, 3.63) is 200 Å². The Kier molecular flexibility index (Phi) is 6.89. The van der Waals surface area contributed by atoms with E-state index in [-0.39, 0.29) is 0 Å². The third kappa shape index (κ3) is 4.86. The zero-order valence-electron chi connectivity index (χ0n) is 28.0. The second-order valence-corrected chi connectivity index (χ2v) is 13.3. The molecule has 1 nitrogen and oxygen atoms in total. The molecule has 1 heteroatoms. The summed E-state index contributed by atoms with van der Waals surface area (Å²) >= 11 is 0. The monoisotopic (exact) mass is 647 g/mol. The molecule has 0 amide bonds. The summed E-state index contributed by atoms with van der Waals surface area (Å²) < 4.78 is 0. The Hall–Kier alpha value is -6.70. The van der Waals surface area contributed by atoms with Crippen LogP contribution in [0.25, 0.3) is 76.1 Å². The van der Waals surface area contributed by atoms with Crippen LogP contribution in [0.3, 0.4) is 0 Å². The second kappa shape index (κ2) is 12.0. The van der Waals surface area contributed by atoms with Gasteiger partial charge in [-0.05, 0) is 89.6 Å². The van der Waals surface area contributed by atoms with Crippen LogP contribution in [0.15, 0.2) is 200 Å². The fourth-order valence-electron chi connectivity index (χ4n) is 8.07. The molecule has 0 atom stereocenters. The summed E-state index contributed by atoms with van der Waals surface area (Å²) in [5.74, 6) is 0. The van der Waals surface area contributed by atoms with Crippen LogP contribution in [0.4, 0.5) is 17.1 Å². The summed E-state index contributed by atoms with van der Waals surface area (Å²) in [7, 11) is 0. The van der Waals surface area contributed by atoms with Crippen LogP contribution in [-0.2, 0) is 0 Å². The third-order valence-corrected chi connectivity index (χ3v) is 10.4. The van der Waals surface area contributed by atoms with E-state index >= 15 is 0 Å². The van der Waals surface area contributed by atoms with Crippen molar-refractivity contribution < 1.29 is 0 Å². The molecule has 10 aromatic carbocycles. The van der Waals surface area contributed by atoms with Crippen molar-refractivity contribution in [2.24, 2.45) is 0 Å². The van der Waals surface area contributed by atoms with E-state index < -0.39 is 0 Å². The van der Waals surface area contributed by atoms with Gasteiger partial charge < -0.3 is 4.90 Å². The molecule has 0 aromatic heterocycles. The lowest BCUT2D eigenvalue weighted by molar-refractivity contribution is 1.32. The lowest BCUT2D eigenvalue weighted by Crippen LogP contribution is -2.11. The molecule has 0 fully saturated rings. The Bertz CT molecular complexity index is 2910. The fourth-order valence-corrected chi connectivity index (χ4v) is 8.07. The Morgan fingerprint density at radius 2 is 0.824 bits per heavy atom. The van der Waals surface area contributed by atoms with Crippen molar-refractivity contribution in [2.45, 2.75) is 0 Å². The summed E-state index contributed by atoms with van der Waals surface area (Å²) in [6.45, 7) is 0. The maximum absolute atomic E-state index is 2.48. The zero-order chi connectivity index (χ0) is 33.7. The molecule has 0 saturated carbocycles. The van der Waals surface area contributed by atoms with Gasteiger partial charge in [-0.2, -0.15) is 0 Å². The van der Waals surface area contributed by atoms with E-state index in [4.69, 9.17) is 0 Å². The Labute approximate surface area is 297 Å². The van der Waals surface area contributed by atoms with Gasteiger partial charge in [-0.15, -0.1) is 0 Å². The van der Waals surface area contributed by atoms with Crippen molar-refractivity contribution >= 4 is 70.9 Å². The van der Waals surface area contributed by atoms with Crippen molar-refractivity contribution in [1.29, 1.82) is 0 Å². The highest BCUT2D eigenvalue weighted by molar-refractivity contribution is 6.29. The number of anilines is 3. The molecular weight excluding hydrogens is 615 g/mol. The van der Waals surface area contributed by atoms with Gasteiger partial charge in [-0.1, -0.05) is 176 Å². The highest BCUT2D eigenvalue weighted by atomic mass is 15.1. The van der Waals surface area contributed by atoms with Crippen LogP contribution in [0.5, 0.6) is 0 Å². The predicted octanol–water partition coefficient (Wildman–Crippen LogP) is 14.3. The first kappa shape index (κ1) is 29.2. The van der Waals surface area contributed by atoms with Gasteiger partial charge in [0.2, 0.25) is 0 Å². The summed E-state index contributed by atoms with van der Waals surface area (Å²) in [4.78, 5) is 2.48. The van der Waals surface area contributed by atoms with Gasteiger partial charge >= 0.3 is 0 Å². The van der Waals surface area contributed by atoms with Crippen LogP contribution < -0.4 is 4.90 Å². The quantitative estimate of drug-likeness (QED) is 0.168. The lowest BCUT2D eigenvalue weighted by Gasteiger charge is -2.30. The Morgan fingerprint density at radius 1 is 0.275 bits per heavy atom. The molecule has 0 aliphatic carbocycles. The smallest absolute Gasteiger partial charge is 0.0546 e. The highest BCUT2D eigenvalue weighted by Crippen LogP contribution is 2.47. The maximum atomic E-state index is 2.48. The van der Waals surface area contributed by atoms with Gasteiger partial charge in [0.15, 0.2) is 0 Å². The number of nitrogens with zero attached hydrogens (tertiary/aromatic N) is 1. The second-order valence-electron chi connectivity index (χ2n) is 13.3. The molecule has 0 saturated heterocycles. The van der Waals surface area contributed by atoms with E-state index in [1.165, 1.54) is 76.1 Å². The molecule has 0 N–H and O–H groups in total. The van der Waals surface area contributed by atoms with Gasteiger partial charge in [0.05, 0.1) is 11.4 Å². The molecule has 10 rings (SSSR count). The normalized spacial score (nSPS) is 11.5. The molecular formula is C50H33N. The topological polar surface area (TPSA) is 3.24 Å². The summed E-state index contributed by atoms with van der Waals surface area (Å²) in [5, 5.41) is 12.5. The summed E-state index contributed by atoms with van der Waals surface area (Å²) in [6.07, 6.45) is 0. The van der Waals surface area contributed by atoms with E-state index in [9.17, 15) is 0 Å². The number of hydrogen-bond acceptors (Lipinski definition) is 1. The first-order valence-electron chi connectivity index (χ1n) is 17.6. The number of rotatable bonds is 5. The van der Waals surface area contributed by atoms with Crippen LogP contribution in [0.2, 0.25) is 0 Å². The predicted molar refractivity (Wildman–Crippen MR) is 220 cm³/mol. The standard InChI is InChI=1S/C50H33N/c1-3-14-34(15-4-1)38-19-13-20-40(32-38)51(47-31-30-41(35-16-5-2-6-17-35)43-22-9-10-23-44(43)47)48-33-39-29-28-37-27-26-36-18-7-8-21-42(36)49(37)50(39)46-25-12-11-24-45(46)48/h1-33H. The minimum absolute atomic E-state index is 1.12. The molecule has 0 spiro atoms. The minimum Gasteiger partial charge on any atom is -0.309 e. The van der Waals surface area contributed by atoms with Crippen LogP contribution in [0.1, 0.15) is 0 Å².